The second-order valence-electron chi connectivity index (χ2n) is 6.81. The van der Waals surface area contributed by atoms with Gasteiger partial charge in [0.2, 0.25) is 10.0 Å². The second kappa shape index (κ2) is 6.24. The lowest BCUT2D eigenvalue weighted by Crippen LogP contribution is -2.49. The van der Waals surface area contributed by atoms with Gasteiger partial charge in [0.1, 0.15) is 0 Å². The molecule has 2 fully saturated rings. The molecule has 1 aromatic rings. The van der Waals surface area contributed by atoms with E-state index in [1.165, 1.54) is 25.0 Å². The minimum atomic E-state index is -3.70. The summed E-state index contributed by atoms with van der Waals surface area (Å²) in [6, 6.07) is 4.25. The topological polar surface area (TPSA) is 83.5 Å². The maximum absolute atomic E-state index is 12.8. The number of hydrogen-bond acceptors (Lipinski definition) is 3. The zero-order chi connectivity index (χ0) is 16.6. The van der Waals surface area contributed by atoms with Crippen LogP contribution in [0.1, 0.15) is 54.4 Å². The fourth-order valence-corrected chi connectivity index (χ4v) is 5.08. The Balaban J connectivity index is 1.88. The minimum absolute atomic E-state index is 0.000173. The van der Waals surface area contributed by atoms with E-state index < -0.39 is 16.0 Å². The van der Waals surface area contributed by atoms with Crippen LogP contribution in [0.2, 0.25) is 0 Å². The van der Waals surface area contributed by atoms with Gasteiger partial charge in [-0.05, 0) is 62.1 Å². The molecule has 0 bridgehead atoms. The number of benzene rings is 1. The van der Waals surface area contributed by atoms with Crippen LogP contribution >= 0.6 is 0 Å². The maximum atomic E-state index is 12.8. The second-order valence-corrected chi connectivity index (χ2v) is 8.50. The number of hydrogen-bond donors (Lipinski definition) is 2. The quantitative estimate of drug-likeness (QED) is 0.836. The summed E-state index contributed by atoms with van der Waals surface area (Å²) in [4.78, 5) is 11.2. The fourth-order valence-electron chi connectivity index (χ4n) is 3.44. The number of aromatic carboxylic acids is 1. The summed E-state index contributed by atoms with van der Waals surface area (Å²) in [6.45, 7) is 1.70. The van der Waals surface area contributed by atoms with E-state index in [9.17, 15) is 13.2 Å². The molecule has 0 spiro atoms. The Bertz CT molecular complexity index is 691. The SMILES string of the molecule is Cc1ccc(C(=O)O)cc1S(=O)(=O)NC(C1CCC1)C1CCC1. The third-order valence-corrected chi connectivity index (χ3v) is 6.93. The van der Waals surface area contributed by atoms with Crippen LogP contribution in [-0.4, -0.2) is 25.5 Å². The van der Waals surface area contributed by atoms with E-state index in [0.29, 0.717) is 17.4 Å². The highest BCUT2D eigenvalue weighted by Crippen LogP contribution is 2.40. The molecule has 2 N–H and O–H groups in total. The van der Waals surface area contributed by atoms with Crippen LogP contribution < -0.4 is 4.72 Å². The molecule has 2 saturated carbocycles. The first kappa shape index (κ1) is 16.5. The van der Waals surface area contributed by atoms with Crippen LogP contribution in [0.4, 0.5) is 0 Å². The van der Waals surface area contributed by atoms with Crippen LogP contribution in [0, 0.1) is 18.8 Å². The van der Waals surface area contributed by atoms with E-state index in [2.05, 4.69) is 4.72 Å². The molecule has 1 aromatic carbocycles. The van der Waals surface area contributed by atoms with Gasteiger partial charge in [-0.3, -0.25) is 0 Å². The highest BCUT2D eigenvalue weighted by atomic mass is 32.2. The largest absolute Gasteiger partial charge is 0.478 e. The van der Waals surface area contributed by atoms with E-state index in [1.807, 2.05) is 0 Å². The Morgan fingerprint density at radius 2 is 1.74 bits per heavy atom. The first-order valence-corrected chi connectivity index (χ1v) is 9.73. The number of carboxylic acid groups (broad SMARTS) is 1. The summed E-state index contributed by atoms with van der Waals surface area (Å²) in [7, 11) is -3.70. The van der Waals surface area contributed by atoms with Crippen LogP contribution in [0.5, 0.6) is 0 Å². The first-order chi connectivity index (χ1) is 10.9. The molecule has 0 aliphatic heterocycles. The lowest BCUT2D eigenvalue weighted by molar-refractivity contribution is 0.0696. The summed E-state index contributed by atoms with van der Waals surface area (Å²) in [5, 5.41) is 9.10. The Hall–Kier alpha value is -1.40. The Kier molecular flexibility index (Phi) is 4.47. The number of rotatable bonds is 6. The van der Waals surface area contributed by atoms with Gasteiger partial charge in [0.25, 0.3) is 0 Å². The molecular weight excluding hydrogens is 314 g/mol. The lowest BCUT2D eigenvalue weighted by atomic mass is 9.69. The molecule has 3 rings (SSSR count). The van der Waals surface area contributed by atoms with E-state index in [4.69, 9.17) is 5.11 Å². The molecule has 0 aromatic heterocycles. The van der Waals surface area contributed by atoms with Gasteiger partial charge < -0.3 is 5.11 Å². The van der Waals surface area contributed by atoms with E-state index in [1.54, 1.807) is 13.0 Å². The van der Waals surface area contributed by atoms with Crippen molar-refractivity contribution in [1.29, 1.82) is 0 Å². The summed E-state index contributed by atoms with van der Waals surface area (Å²) in [6.07, 6.45) is 6.66. The fraction of sp³-hybridized carbons (Fsp3) is 0.588. The van der Waals surface area contributed by atoms with Crippen molar-refractivity contribution in [3.8, 4) is 0 Å². The molecule has 23 heavy (non-hydrogen) atoms. The van der Waals surface area contributed by atoms with Crippen molar-refractivity contribution in [2.75, 3.05) is 0 Å². The van der Waals surface area contributed by atoms with Crippen LogP contribution in [-0.2, 0) is 10.0 Å². The Labute approximate surface area is 137 Å². The molecule has 0 heterocycles. The summed E-state index contributed by atoms with van der Waals surface area (Å²) < 4.78 is 28.5. The average molecular weight is 337 g/mol. The zero-order valence-electron chi connectivity index (χ0n) is 13.3. The monoisotopic (exact) mass is 337 g/mol. The van der Waals surface area contributed by atoms with Crippen molar-refractivity contribution >= 4 is 16.0 Å². The molecule has 0 radical (unpaired) electrons. The van der Waals surface area contributed by atoms with Gasteiger partial charge in [-0.25, -0.2) is 17.9 Å². The van der Waals surface area contributed by atoms with Gasteiger partial charge >= 0.3 is 5.97 Å². The Morgan fingerprint density at radius 3 is 2.17 bits per heavy atom. The van der Waals surface area contributed by atoms with Crippen LogP contribution in [0.15, 0.2) is 23.1 Å². The van der Waals surface area contributed by atoms with Crippen molar-refractivity contribution < 1.29 is 18.3 Å². The minimum Gasteiger partial charge on any atom is -0.478 e. The number of sulfonamides is 1. The highest BCUT2D eigenvalue weighted by Gasteiger charge is 2.38. The first-order valence-electron chi connectivity index (χ1n) is 8.25. The van der Waals surface area contributed by atoms with Gasteiger partial charge in [0, 0.05) is 6.04 Å². The molecule has 0 unspecified atom stereocenters. The number of aryl methyl sites for hydroxylation is 1. The molecule has 2 aliphatic carbocycles. The third-order valence-electron chi connectivity index (χ3n) is 5.33. The summed E-state index contributed by atoms with van der Waals surface area (Å²) >= 11 is 0. The molecule has 126 valence electrons. The average Bonchev–Trinajstić information content (AvgIpc) is 2.33. The van der Waals surface area contributed by atoms with Crippen molar-refractivity contribution in [1.82, 2.24) is 4.72 Å². The third kappa shape index (κ3) is 3.28. The van der Waals surface area contributed by atoms with Crippen molar-refractivity contribution in [3.05, 3.63) is 29.3 Å². The number of carbonyl (C=O) groups is 1. The molecule has 6 heteroatoms. The van der Waals surface area contributed by atoms with E-state index >= 15 is 0 Å². The molecular formula is C17H23NO4S. The molecule has 0 amide bonds. The smallest absolute Gasteiger partial charge is 0.335 e. The maximum Gasteiger partial charge on any atom is 0.335 e. The predicted molar refractivity (Wildman–Crippen MR) is 86.9 cm³/mol. The standard InChI is InChI=1S/C17H23NO4S/c1-11-8-9-14(17(19)20)10-15(11)23(21,22)18-16(12-4-2-5-12)13-6-3-7-13/h8-10,12-13,16,18H,2-7H2,1H3,(H,19,20). The van der Waals surface area contributed by atoms with Gasteiger partial charge in [-0.2, -0.15) is 0 Å². The van der Waals surface area contributed by atoms with Crippen LogP contribution in [0.25, 0.3) is 0 Å². The normalized spacial score (nSPS) is 19.4. The van der Waals surface area contributed by atoms with Crippen molar-refractivity contribution in [3.63, 3.8) is 0 Å². The van der Waals surface area contributed by atoms with Crippen molar-refractivity contribution in [2.45, 2.75) is 56.4 Å². The van der Waals surface area contributed by atoms with Crippen LogP contribution in [0.3, 0.4) is 0 Å². The van der Waals surface area contributed by atoms with Gasteiger partial charge in [0.05, 0.1) is 10.5 Å². The predicted octanol–water partition coefficient (Wildman–Crippen LogP) is 2.94. The Morgan fingerprint density at radius 1 is 1.17 bits per heavy atom. The van der Waals surface area contributed by atoms with E-state index in [-0.39, 0.29) is 16.5 Å². The molecule has 0 atom stereocenters. The van der Waals surface area contributed by atoms with E-state index in [0.717, 1.165) is 25.7 Å². The summed E-state index contributed by atoms with van der Waals surface area (Å²) in [5.41, 5.74) is 0.572. The lowest BCUT2D eigenvalue weighted by Gasteiger charge is -2.42. The molecule has 5 nitrogen and oxygen atoms in total. The summed E-state index contributed by atoms with van der Waals surface area (Å²) in [5.74, 6) is -0.257. The molecule has 2 aliphatic rings. The zero-order valence-corrected chi connectivity index (χ0v) is 14.1. The van der Waals surface area contributed by atoms with Crippen molar-refractivity contribution in [2.24, 2.45) is 11.8 Å². The highest BCUT2D eigenvalue weighted by molar-refractivity contribution is 7.89. The van der Waals surface area contributed by atoms with Gasteiger partial charge in [0.15, 0.2) is 0 Å². The van der Waals surface area contributed by atoms with Gasteiger partial charge in [-0.15, -0.1) is 0 Å². The number of carboxylic acids is 1. The number of nitrogens with one attached hydrogen (secondary N) is 1. The van der Waals surface area contributed by atoms with Gasteiger partial charge in [-0.1, -0.05) is 18.9 Å². The molecule has 0 saturated heterocycles.